The molecule has 2 rings (SSSR count). The number of aliphatic hydroxyl groups excluding tert-OH is 2. The van der Waals surface area contributed by atoms with Gasteiger partial charge in [-0.25, -0.2) is 55.8 Å². The van der Waals surface area contributed by atoms with Gasteiger partial charge in [-0.05, 0) is 13.8 Å². The highest BCUT2D eigenvalue weighted by atomic mass is 32.2. The molecule has 2 aromatic rings. The summed E-state index contributed by atoms with van der Waals surface area (Å²) < 4.78 is 68.5. The van der Waals surface area contributed by atoms with Crippen LogP contribution in [0, 0.1) is 11.6 Å². The van der Waals surface area contributed by atoms with Crippen LogP contribution < -0.4 is 10.3 Å². The van der Waals surface area contributed by atoms with E-state index in [0.29, 0.717) is 0 Å². The average Bonchev–Trinajstić information content (AvgIpc) is 2.66. The standard InChI is InChI=1S/2C7H10FN3O3S/c2*1-4(15(9,13)14)6(12)7-10-2-5(8)3-11-7/h2*2-4,6,12H,1H3,(H2,9,13,14)/t2*4-,6+/m10/s1. The Hall–Kier alpha value is -2.24. The van der Waals surface area contributed by atoms with Crippen molar-refractivity contribution < 1.29 is 35.8 Å². The summed E-state index contributed by atoms with van der Waals surface area (Å²) in [5.41, 5.74) is 0. The van der Waals surface area contributed by atoms with Crippen LogP contribution in [0.4, 0.5) is 8.78 Å². The van der Waals surface area contributed by atoms with Crippen molar-refractivity contribution in [2.75, 3.05) is 0 Å². The molecule has 0 fully saturated rings. The molecule has 0 saturated carbocycles. The van der Waals surface area contributed by atoms with Gasteiger partial charge in [-0.2, -0.15) is 0 Å². The van der Waals surface area contributed by atoms with Crippen molar-refractivity contribution in [1.82, 2.24) is 19.9 Å². The van der Waals surface area contributed by atoms with E-state index in [0.717, 1.165) is 24.8 Å². The number of rotatable bonds is 6. The van der Waals surface area contributed by atoms with Gasteiger partial charge in [-0.15, -0.1) is 0 Å². The minimum absolute atomic E-state index is 0.182. The van der Waals surface area contributed by atoms with Crippen LogP contribution in [0.2, 0.25) is 0 Å². The van der Waals surface area contributed by atoms with E-state index in [1.165, 1.54) is 13.8 Å². The van der Waals surface area contributed by atoms with Crippen molar-refractivity contribution in [3.05, 3.63) is 48.1 Å². The highest BCUT2D eigenvalue weighted by Gasteiger charge is 2.29. The third-order valence-corrected chi connectivity index (χ3v) is 6.32. The molecule has 12 nitrogen and oxygen atoms in total. The van der Waals surface area contributed by atoms with Crippen LogP contribution in [0.1, 0.15) is 37.7 Å². The number of halogens is 2. The normalized spacial score (nSPS) is 16.0. The van der Waals surface area contributed by atoms with Gasteiger partial charge in [-0.1, -0.05) is 0 Å². The fourth-order valence-electron chi connectivity index (χ4n) is 1.73. The average molecular weight is 470 g/mol. The molecule has 0 unspecified atom stereocenters. The Morgan fingerprint density at radius 3 is 1.17 bits per heavy atom. The molecule has 0 aromatic carbocycles. The quantitative estimate of drug-likeness (QED) is 0.389. The molecule has 0 amide bonds. The SMILES string of the molecule is C[C@@H]([C@@H](O)c1ncc(F)cn1)S(N)(=O)=O.C[C@H]([C@H](O)c1ncc(F)cn1)S(N)(=O)=O. The predicted octanol–water partition coefficient (Wildman–Crippen LogP) is -1.35. The lowest BCUT2D eigenvalue weighted by molar-refractivity contribution is 0.165. The van der Waals surface area contributed by atoms with E-state index < -0.39 is 54.4 Å². The molecule has 0 saturated heterocycles. The first-order valence-corrected chi connectivity index (χ1v) is 11.2. The van der Waals surface area contributed by atoms with Crippen molar-refractivity contribution in [1.29, 1.82) is 0 Å². The maximum atomic E-state index is 12.4. The fraction of sp³-hybridized carbons (Fsp3) is 0.429. The van der Waals surface area contributed by atoms with Crippen molar-refractivity contribution in [3.63, 3.8) is 0 Å². The molecular formula is C14H20F2N6O6S2. The number of sulfonamides is 2. The summed E-state index contributed by atoms with van der Waals surface area (Å²) in [4.78, 5) is 13.8. The van der Waals surface area contributed by atoms with Crippen LogP contribution in [0.5, 0.6) is 0 Å². The lowest BCUT2D eigenvalue weighted by Gasteiger charge is -2.14. The van der Waals surface area contributed by atoms with Crippen LogP contribution in [0.3, 0.4) is 0 Å². The number of aliphatic hydroxyl groups is 2. The molecule has 2 heterocycles. The Labute approximate surface area is 171 Å². The zero-order chi connectivity index (χ0) is 23.3. The van der Waals surface area contributed by atoms with Gasteiger partial charge in [0, 0.05) is 0 Å². The van der Waals surface area contributed by atoms with E-state index in [2.05, 4.69) is 19.9 Å². The van der Waals surface area contributed by atoms with Gasteiger partial charge in [0.1, 0.15) is 22.7 Å². The molecule has 16 heteroatoms. The van der Waals surface area contributed by atoms with Gasteiger partial charge in [0.05, 0.1) is 24.8 Å². The summed E-state index contributed by atoms with van der Waals surface area (Å²) in [6, 6.07) is 0. The molecule has 0 aliphatic carbocycles. The summed E-state index contributed by atoms with van der Waals surface area (Å²) in [5.74, 6) is -1.71. The minimum atomic E-state index is -3.88. The Morgan fingerprint density at radius 1 is 0.733 bits per heavy atom. The molecule has 0 bridgehead atoms. The lowest BCUT2D eigenvalue weighted by Crippen LogP contribution is -2.32. The van der Waals surface area contributed by atoms with Crippen molar-refractivity contribution in [3.8, 4) is 0 Å². The predicted molar refractivity (Wildman–Crippen MR) is 99.0 cm³/mol. The zero-order valence-electron chi connectivity index (χ0n) is 15.7. The number of hydrogen-bond acceptors (Lipinski definition) is 10. The minimum Gasteiger partial charge on any atom is -0.384 e. The van der Waals surface area contributed by atoms with E-state index in [9.17, 15) is 35.8 Å². The molecule has 6 N–H and O–H groups in total. The Balaban J connectivity index is 0.000000300. The molecule has 168 valence electrons. The van der Waals surface area contributed by atoms with Crippen molar-refractivity contribution >= 4 is 20.0 Å². The molecule has 4 atom stereocenters. The number of hydrogen-bond donors (Lipinski definition) is 4. The topological polar surface area (TPSA) is 212 Å². The Kier molecular flexibility index (Phi) is 8.76. The van der Waals surface area contributed by atoms with Crippen LogP contribution >= 0.6 is 0 Å². The lowest BCUT2D eigenvalue weighted by atomic mass is 10.2. The molecular weight excluding hydrogens is 450 g/mol. The Bertz CT molecular complexity index is 952. The van der Waals surface area contributed by atoms with Gasteiger partial charge in [-0.3, -0.25) is 0 Å². The molecule has 0 spiro atoms. The second-order valence-corrected chi connectivity index (χ2v) is 9.84. The first-order chi connectivity index (χ1) is 13.6. The highest BCUT2D eigenvalue weighted by molar-refractivity contribution is 7.90. The van der Waals surface area contributed by atoms with Gasteiger partial charge >= 0.3 is 0 Å². The zero-order valence-corrected chi connectivity index (χ0v) is 17.3. The van der Waals surface area contributed by atoms with Crippen molar-refractivity contribution in [2.24, 2.45) is 10.3 Å². The maximum absolute atomic E-state index is 12.4. The second-order valence-electron chi connectivity index (χ2n) is 6.00. The Morgan fingerprint density at radius 2 is 0.967 bits per heavy atom. The van der Waals surface area contributed by atoms with Gasteiger partial charge in [0.25, 0.3) is 0 Å². The maximum Gasteiger partial charge on any atom is 0.214 e. The van der Waals surface area contributed by atoms with Gasteiger partial charge in [0.15, 0.2) is 23.3 Å². The van der Waals surface area contributed by atoms with Crippen LogP contribution in [-0.2, 0) is 20.0 Å². The van der Waals surface area contributed by atoms with E-state index in [-0.39, 0.29) is 11.6 Å². The number of aromatic nitrogens is 4. The monoisotopic (exact) mass is 470 g/mol. The van der Waals surface area contributed by atoms with E-state index in [1.54, 1.807) is 0 Å². The van der Waals surface area contributed by atoms with E-state index in [1.807, 2.05) is 0 Å². The molecule has 30 heavy (non-hydrogen) atoms. The molecule has 0 radical (unpaired) electrons. The smallest absolute Gasteiger partial charge is 0.214 e. The molecule has 0 aliphatic heterocycles. The largest absolute Gasteiger partial charge is 0.384 e. The van der Waals surface area contributed by atoms with Crippen molar-refractivity contribution in [2.45, 2.75) is 36.6 Å². The second kappa shape index (κ2) is 10.2. The summed E-state index contributed by atoms with van der Waals surface area (Å²) in [7, 11) is -7.77. The fourth-order valence-corrected chi connectivity index (χ4v) is 2.69. The third-order valence-electron chi connectivity index (χ3n) is 3.74. The van der Waals surface area contributed by atoms with E-state index >= 15 is 0 Å². The van der Waals surface area contributed by atoms with Gasteiger partial charge in [0.2, 0.25) is 20.0 Å². The van der Waals surface area contributed by atoms with Crippen LogP contribution in [0.25, 0.3) is 0 Å². The molecule has 0 aliphatic rings. The first kappa shape index (κ1) is 25.8. The highest BCUT2D eigenvalue weighted by Crippen LogP contribution is 2.17. The number of nitrogens with zero attached hydrogens (tertiary/aromatic N) is 4. The third kappa shape index (κ3) is 7.54. The summed E-state index contributed by atoms with van der Waals surface area (Å²) in [6.07, 6.45) is 0.396. The van der Waals surface area contributed by atoms with E-state index in [4.69, 9.17) is 10.3 Å². The summed E-state index contributed by atoms with van der Waals surface area (Å²) >= 11 is 0. The van der Waals surface area contributed by atoms with Crippen LogP contribution in [-0.4, -0.2) is 57.5 Å². The molecule has 2 aromatic heterocycles. The van der Waals surface area contributed by atoms with Gasteiger partial charge < -0.3 is 10.2 Å². The number of nitrogens with two attached hydrogens (primary N) is 2. The van der Waals surface area contributed by atoms with Crippen LogP contribution in [0.15, 0.2) is 24.8 Å². The summed E-state index contributed by atoms with van der Waals surface area (Å²) in [5, 5.41) is 26.2. The summed E-state index contributed by atoms with van der Waals surface area (Å²) in [6.45, 7) is 2.43. The first-order valence-electron chi connectivity index (χ1n) is 7.98. The number of primary sulfonamides is 2.